The molecule has 3 aromatic rings. The van der Waals surface area contributed by atoms with Crippen LogP contribution < -0.4 is 9.62 Å². The van der Waals surface area contributed by atoms with Gasteiger partial charge in [0, 0.05) is 18.3 Å². The molecule has 0 bridgehead atoms. The van der Waals surface area contributed by atoms with Crippen molar-refractivity contribution in [3.8, 4) is 6.07 Å². The molecule has 1 amide bonds. The van der Waals surface area contributed by atoms with Gasteiger partial charge in [0.2, 0.25) is 0 Å². The number of hydrogen-bond donors (Lipinski definition) is 1. The molecule has 29 heavy (non-hydrogen) atoms. The summed E-state index contributed by atoms with van der Waals surface area (Å²) in [7, 11) is -2.29. The molecule has 3 rings (SSSR count). The van der Waals surface area contributed by atoms with Crippen molar-refractivity contribution in [3.05, 3.63) is 88.9 Å². The monoisotopic (exact) mass is 425 g/mol. The van der Waals surface area contributed by atoms with Crippen LogP contribution in [0, 0.1) is 11.3 Å². The van der Waals surface area contributed by atoms with Crippen molar-refractivity contribution in [1.82, 2.24) is 0 Å². The number of nitrogens with zero attached hydrogens (tertiary/aromatic N) is 2. The smallest absolute Gasteiger partial charge is 0.264 e. The van der Waals surface area contributed by atoms with Gasteiger partial charge in [0.05, 0.1) is 21.2 Å². The predicted molar refractivity (Wildman–Crippen MR) is 113 cm³/mol. The Bertz CT molecular complexity index is 1190. The van der Waals surface area contributed by atoms with E-state index in [9.17, 15) is 13.2 Å². The van der Waals surface area contributed by atoms with Crippen molar-refractivity contribution in [1.29, 1.82) is 5.26 Å². The quantitative estimate of drug-likeness (QED) is 0.660. The maximum atomic E-state index is 12.8. The number of carbonyl (C=O) groups is 1. The number of sulfonamides is 1. The molecule has 0 radical (unpaired) electrons. The Hall–Kier alpha value is -3.34. The van der Waals surface area contributed by atoms with Crippen LogP contribution in [0.25, 0.3) is 0 Å². The van der Waals surface area contributed by atoms with Gasteiger partial charge in [0.1, 0.15) is 6.07 Å². The Labute approximate surface area is 174 Å². The Balaban J connectivity index is 1.79. The topological polar surface area (TPSA) is 90.3 Å². The molecule has 0 saturated carbocycles. The molecule has 0 saturated heterocycles. The molecule has 0 aliphatic rings. The molecular formula is C21H16ClN3O3S. The molecule has 0 heterocycles. The lowest BCUT2D eigenvalue weighted by atomic mass is 10.2. The number of nitrogens with one attached hydrogen (secondary N) is 1. The zero-order valence-electron chi connectivity index (χ0n) is 15.3. The molecule has 3 aromatic carbocycles. The van der Waals surface area contributed by atoms with E-state index in [1.54, 1.807) is 36.4 Å². The maximum absolute atomic E-state index is 12.8. The Kier molecular flexibility index (Phi) is 5.87. The summed E-state index contributed by atoms with van der Waals surface area (Å²) >= 11 is 5.88. The van der Waals surface area contributed by atoms with E-state index in [0.717, 1.165) is 0 Å². The van der Waals surface area contributed by atoms with E-state index in [-0.39, 0.29) is 16.0 Å². The van der Waals surface area contributed by atoms with Crippen LogP contribution in [0.2, 0.25) is 5.02 Å². The summed E-state index contributed by atoms with van der Waals surface area (Å²) in [6.45, 7) is 0. The molecule has 0 aromatic heterocycles. The first-order chi connectivity index (χ1) is 13.8. The highest BCUT2D eigenvalue weighted by atomic mass is 35.5. The van der Waals surface area contributed by atoms with Gasteiger partial charge in [-0.25, -0.2) is 8.42 Å². The Morgan fingerprint density at radius 2 is 1.69 bits per heavy atom. The van der Waals surface area contributed by atoms with E-state index < -0.39 is 15.9 Å². The van der Waals surface area contributed by atoms with Crippen molar-refractivity contribution >= 4 is 38.9 Å². The first-order valence-corrected chi connectivity index (χ1v) is 10.3. The van der Waals surface area contributed by atoms with E-state index in [1.807, 2.05) is 6.07 Å². The second-order valence-corrected chi connectivity index (χ2v) is 8.47. The minimum Gasteiger partial charge on any atom is -0.322 e. The van der Waals surface area contributed by atoms with E-state index in [2.05, 4.69) is 5.32 Å². The van der Waals surface area contributed by atoms with Gasteiger partial charge < -0.3 is 5.32 Å². The largest absolute Gasteiger partial charge is 0.322 e. The molecule has 0 spiro atoms. The summed E-state index contributed by atoms with van der Waals surface area (Å²) < 4.78 is 26.8. The summed E-state index contributed by atoms with van der Waals surface area (Å²) in [5.41, 5.74) is 1.47. The van der Waals surface area contributed by atoms with Gasteiger partial charge >= 0.3 is 0 Å². The summed E-state index contributed by atoms with van der Waals surface area (Å²) in [5.74, 6) is -0.434. The van der Waals surface area contributed by atoms with Crippen LogP contribution >= 0.6 is 11.6 Å². The van der Waals surface area contributed by atoms with Crippen molar-refractivity contribution in [3.63, 3.8) is 0 Å². The fourth-order valence-electron chi connectivity index (χ4n) is 2.61. The molecule has 0 aliphatic heterocycles. The highest BCUT2D eigenvalue weighted by Crippen LogP contribution is 2.23. The van der Waals surface area contributed by atoms with Crippen LogP contribution in [-0.2, 0) is 10.0 Å². The second kappa shape index (κ2) is 8.35. The lowest BCUT2D eigenvalue weighted by Gasteiger charge is -2.19. The summed E-state index contributed by atoms with van der Waals surface area (Å²) in [6.07, 6.45) is 0. The molecule has 0 fully saturated rings. The van der Waals surface area contributed by atoms with Crippen molar-refractivity contribution in [2.45, 2.75) is 4.90 Å². The average molecular weight is 426 g/mol. The lowest BCUT2D eigenvalue weighted by Crippen LogP contribution is -2.26. The Morgan fingerprint density at radius 1 is 1.03 bits per heavy atom. The van der Waals surface area contributed by atoms with Crippen LogP contribution in [-0.4, -0.2) is 21.4 Å². The van der Waals surface area contributed by atoms with Crippen molar-refractivity contribution in [2.75, 3.05) is 16.7 Å². The van der Waals surface area contributed by atoms with Gasteiger partial charge in [-0.05, 0) is 54.6 Å². The third kappa shape index (κ3) is 4.40. The fourth-order valence-corrected chi connectivity index (χ4v) is 3.96. The van der Waals surface area contributed by atoms with Crippen LogP contribution in [0.1, 0.15) is 15.9 Å². The maximum Gasteiger partial charge on any atom is 0.264 e. The first kappa shape index (κ1) is 20.4. The van der Waals surface area contributed by atoms with E-state index in [0.29, 0.717) is 16.4 Å². The van der Waals surface area contributed by atoms with E-state index >= 15 is 0 Å². The van der Waals surface area contributed by atoms with Gasteiger partial charge in [-0.2, -0.15) is 5.26 Å². The van der Waals surface area contributed by atoms with Gasteiger partial charge in [0.15, 0.2) is 0 Å². The van der Waals surface area contributed by atoms with Gasteiger partial charge in [-0.3, -0.25) is 9.10 Å². The molecule has 0 aliphatic carbocycles. The van der Waals surface area contributed by atoms with Crippen LogP contribution in [0.15, 0.2) is 77.7 Å². The fraction of sp³-hybridized carbons (Fsp3) is 0.0476. The summed E-state index contributed by atoms with van der Waals surface area (Å²) in [4.78, 5) is 12.5. The SMILES string of the molecule is CN(c1ccccc1)S(=O)(=O)c1ccc(C(=O)Nc2ccc(Cl)c(C#N)c2)cc1. The van der Waals surface area contributed by atoms with Gasteiger partial charge in [-0.1, -0.05) is 29.8 Å². The summed E-state index contributed by atoms with van der Waals surface area (Å²) in [5, 5.41) is 12.0. The number of anilines is 2. The summed E-state index contributed by atoms with van der Waals surface area (Å²) in [6, 6.07) is 20.8. The molecule has 6 nitrogen and oxygen atoms in total. The van der Waals surface area contributed by atoms with Gasteiger partial charge in [0.25, 0.3) is 15.9 Å². The van der Waals surface area contributed by atoms with Crippen molar-refractivity contribution in [2.24, 2.45) is 0 Å². The highest BCUT2D eigenvalue weighted by molar-refractivity contribution is 7.92. The third-order valence-corrected chi connectivity index (χ3v) is 6.37. The van der Waals surface area contributed by atoms with Crippen LogP contribution in [0.3, 0.4) is 0 Å². The predicted octanol–water partition coefficient (Wildman–Crippen LogP) is 4.29. The third-order valence-electron chi connectivity index (χ3n) is 4.24. The molecule has 0 unspecified atom stereocenters. The number of para-hydroxylation sites is 1. The molecule has 0 atom stereocenters. The zero-order valence-corrected chi connectivity index (χ0v) is 16.9. The number of halogens is 1. The minimum atomic E-state index is -3.76. The van der Waals surface area contributed by atoms with E-state index in [1.165, 1.54) is 47.8 Å². The number of rotatable bonds is 5. The van der Waals surface area contributed by atoms with Gasteiger partial charge in [-0.15, -0.1) is 0 Å². The minimum absolute atomic E-state index is 0.0682. The number of nitriles is 1. The molecule has 1 N–H and O–H groups in total. The lowest BCUT2D eigenvalue weighted by molar-refractivity contribution is 0.102. The Morgan fingerprint density at radius 3 is 2.31 bits per heavy atom. The van der Waals surface area contributed by atoms with Crippen molar-refractivity contribution < 1.29 is 13.2 Å². The average Bonchev–Trinajstić information content (AvgIpc) is 2.75. The molecule has 146 valence electrons. The standard InChI is InChI=1S/C21H16ClN3O3S/c1-25(18-5-3-2-4-6-18)29(27,28)19-10-7-15(8-11-19)21(26)24-17-9-12-20(22)16(13-17)14-23/h2-13H,1H3,(H,24,26). The number of hydrogen-bond acceptors (Lipinski definition) is 4. The number of carbonyl (C=O) groups excluding carboxylic acids is 1. The molecule has 8 heteroatoms. The normalized spacial score (nSPS) is 10.8. The first-order valence-electron chi connectivity index (χ1n) is 8.48. The second-order valence-electron chi connectivity index (χ2n) is 6.09. The number of benzene rings is 3. The zero-order chi connectivity index (χ0) is 21.0. The van der Waals surface area contributed by atoms with Crippen LogP contribution in [0.5, 0.6) is 0 Å². The highest BCUT2D eigenvalue weighted by Gasteiger charge is 2.21. The van der Waals surface area contributed by atoms with E-state index in [4.69, 9.17) is 16.9 Å². The molecular weight excluding hydrogens is 410 g/mol. The van der Waals surface area contributed by atoms with Crippen LogP contribution in [0.4, 0.5) is 11.4 Å². The number of amides is 1.